The summed E-state index contributed by atoms with van der Waals surface area (Å²) >= 11 is 0. The number of carbonyl (C=O) groups is 1. The molecule has 1 aromatic heterocycles. The number of fused-ring (bicyclic) bond motifs is 1. The van der Waals surface area contributed by atoms with E-state index < -0.39 is 0 Å². The molecule has 1 atom stereocenters. The summed E-state index contributed by atoms with van der Waals surface area (Å²) in [5.41, 5.74) is 4.21. The Morgan fingerprint density at radius 2 is 2.21 bits per heavy atom. The number of aryl methyl sites for hydroxylation is 1. The fourth-order valence-electron chi connectivity index (χ4n) is 3.44. The van der Waals surface area contributed by atoms with Crippen LogP contribution in [0.5, 0.6) is 5.75 Å². The first kappa shape index (κ1) is 16.6. The molecule has 0 spiro atoms. The van der Waals surface area contributed by atoms with Gasteiger partial charge in [-0.1, -0.05) is 6.92 Å². The lowest BCUT2D eigenvalue weighted by Crippen LogP contribution is -2.40. The molecule has 0 N–H and O–H groups in total. The van der Waals surface area contributed by atoms with Gasteiger partial charge in [-0.05, 0) is 38.3 Å². The minimum atomic E-state index is 0.0824. The topological polar surface area (TPSA) is 47.4 Å². The normalized spacial score (nSPS) is 16.8. The average Bonchev–Trinajstić information content (AvgIpc) is 2.98. The van der Waals surface area contributed by atoms with Crippen molar-refractivity contribution in [3.05, 3.63) is 30.1 Å². The van der Waals surface area contributed by atoms with Crippen molar-refractivity contribution in [3.63, 3.8) is 0 Å². The van der Waals surface area contributed by atoms with Crippen LogP contribution in [0.25, 0.3) is 11.1 Å². The first-order valence-corrected chi connectivity index (χ1v) is 8.60. The largest absolute Gasteiger partial charge is 0.493 e. The van der Waals surface area contributed by atoms with Gasteiger partial charge in [-0.3, -0.25) is 9.48 Å². The molecule has 2 aromatic rings. The second-order valence-corrected chi connectivity index (χ2v) is 6.47. The number of benzene rings is 1. The zero-order valence-corrected chi connectivity index (χ0v) is 14.9. The number of hydrogen-bond donors (Lipinski definition) is 0. The minimum absolute atomic E-state index is 0.0824. The summed E-state index contributed by atoms with van der Waals surface area (Å²) in [5, 5.41) is 4.28. The van der Waals surface area contributed by atoms with Crippen LogP contribution in [0.2, 0.25) is 0 Å². The highest BCUT2D eigenvalue weighted by atomic mass is 16.5. The van der Waals surface area contributed by atoms with Crippen molar-refractivity contribution >= 4 is 11.6 Å². The van der Waals surface area contributed by atoms with Gasteiger partial charge >= 0.3 is 0 Å². The minimum Gasteiger partial charge on any atom is -0.493 e. The zero-order chi connectivity index (χ0) is 17.3. The molecular formula is C19H25N3O2. The fourth-order valence-corrected chi connectivity index (χ4v) is 3.44. The third-order valence-corrected chi connectivity index (χ3v) is 4.55. The molecule has 1 aromatic carbocycles. The number of ether oxygens (including phenoxy) is 1. The number of carbonyl (C=O) groups excluding carboxylic acids is 1. The molecule has 3 rings (SSSR count). The molecule has 0 unspecified atom stereocenters. The molecule has 1 amide bonds. The van der Waals surface area contributed by atoms with Crippen molar-refractivity contribution in [2.24, 2.45) is 7.05 Å². The molecule has 5 heteroatoms. The van der Waals surface area contributed by atoms with Gasteiger partial charge in [-0.25, -0.2) is 0 Å². The van der Waals surface area contributed by atoms with Gasteiger partial charge in [0.25, 0.3) is 0 Å². The highest BCUT2D eigenvalue weighted by molar-refractivity contribution is 5.95. The predicted octanol–water partition coefficient (Wildman–Crippen LogP) is 3.56. The number of hydrogen-bond acceptors (Lipinski definition) is 3. The van der Waals surface area contributed by atoms with Crippen LogP contribution in [-0.2, 0) is 18.3 Å². The predicted molar refractivity (Wildman–Crippen MR) is 95.4 cm³/mol. The van der Waals surface area contributed by atoms with Gasteiger partial charge in [0, 0.05) is 42.9 Å². The third-order valence-electron chi connectivity index (χ3n) is 4.55. The molecule has 0 aliphatic carbocycles. The Kier molecular flexibility index (Phi) is 4.60. The lowest BCUT2D eigenvalue weighted by atomic mass is 9.92. The molecule has 0 saturated heterocycles. The van der Waals surface area contributed by atoms with Crippen LogP contribution in [0.15, 0.2) is 24.5 Å². The Morgan fingerprint density at radius 1 is 1.42 bits per heavy atom. The molecule has 128 valence electrons. The highest BCUT2D eigenvalue weighted by Gasteiger charge is 2.29. The molecule has 0 radical (unpaired) electrons. The maximum absolute atomic E-state index is 12.1. The molecule has 1 aliphatic rings. The van der Waals surface area contributed by atoms with Crippen LogP contribution in [0.3, 0.4) is 0 Å². The molecular weight excluding hydrogens is 302 g/mol. The molecule has 0 bridgehead atoms. The fraction of sp³-hybridized carbons (Fsp3) is 0.474. The van der Waals surface area contributed by atoms with Gasteiger partial charge in [0.1, 0.15) is 5.75 Å². The first-order valence-electron chi connectivity index (χ1n) is 8.60. The van der Waals surface area contributed by atoms with Gasteiger partial charge in [-0.15, -0.1) is 0 Å². The number of nitrogens with zero attached hydrogens (tertiary/aromatic N) is 3. The van der Waals surface area contributed by atoms with Crippen molar-refractivity contribution in [3.8, 4) is 16.9 Å². The Morgan fingerprint density at radius 3 is 2.83 bits per heavy atom. The van der Waals surface area contributed by atoms with E-state index in [2.05, 4.69) is 25.0 Å². The SMILES string of the molecule is CCCOc1c(-c2cnn(C)c2)ccc2c1CC[C@H](C)N2C(C)=O. The number of rotatable bonds is 4. The average molecular weight is 327 g/mol. The Balaban J connectivity index is 2.14. The quantitative estimate of drug-likeness (QED) is 0.862. The molecule has 2 heterocycles. The third kappa shape index (κ3) is 2.90. The van der Waals surface area contributed by atoms with Crippen molar-refractivity contribution in [1.29, 1.82) is 0 Å². The summed E-state index contributed by atoms with van der Waals surface area (Å²) in [6, 6.07) is 4.32. The van der Waals surface area contributed by atoms with Crippen LogP contribution in [0.4, 0.5) is 5.69 Å². The summed E-state index contributed by atoms with van der Waals surface area (Å²) in [6.07, 6.45) is 6.67. The van der Waals surface area contributed by atoms with E-state index in [-0.39, 0.29) is 11.9 Å². The van der Waals surface area contributed by atoms with Gasteiger partial charge in [0.15, 0.2) is 0 Å². The van der Waals surface area contributed by atoms with Crippen molar-refractivity contribution in [1.82, 2.24) is 9.78 Å². The van der Waals surface area contributed by atoms with E-state index in [1.807, 2.05) is 30.4 Å². The van der Waals surface area contributed by atoms with Gasteiger partial charge in [0.2, 0.25) is 5.91 Å². The summed E-state index contributed by atoms with van der Waals surface area (Å²) in [4.78, 5) is 14.0. The lowest BCUT2D eigenvalue weighted by Gasteiger charge is -2.36. The monoisotopic (exact) mass is 327 g/mol. The summed E-state index contributed by atoms with van der Waals surface area (Å²) in [5.74, 6) is 0.986. The van der Waals surface area contributed by atoms with Crippen LogP contribution in [-0.4, -0.2) is 28.3 Å². The summed E-state index contributed by atoms with van der Waals surface area (Å²) in [6.45, 7) is 6.50. The maximum Gasteiger partial charge on any atom is 0.224 e. The molecule has 24 heavy (non-hydrogen) atoms. The van der Waals surface area contributed by atoms with E-state index in [9.17, 15) is 4.79 Å². The molecule has 0 saturated carbocycles. The standard InChI is InChI=1S/C19H25N3O2/c1-5-10-24-19-16(15-11-20-21(4)12-15)8-9-18-17(19)7-6-13(2)22(18)14(3)23/h8-9,11-13H,5-7,10H2,1-4H3/t13-/m0/s1. The van der Waals surface area contributed by atoms with Crippen LogP contribution in [0, 0.1) is 0 Å². The summed E-state index contributed by atoms with van der Waals surface area (Å²) in [7, 11) is 1.91. The zero-order valence-electron chi connectivity index (χ0n) is 14.9. The smallest absolute Gasteiger partial charge is 0.224 e. The van der Waals surface area contributed by atoms with E-state index in [0.29, 0.717) is 6.61 Å². The van der Waals surface area contributed by atoms with Gasteiger partial charge in [0.05, 0.1) is 18.5 Å². The maximum atomic E-state index is 12.1. The summed E-state index contributed by atoms with van der Waals surface area (Å²) < 4.78 is 7.93. The highest BCUT2D eigenvalue weighted by Crippen LogP contribution is 2.42. The van der Waals surface area contributed by atoms with Gasteiger partial charge < -0.3 is 9.64 Å². The molecule has 5 nitrogen and oxygen atoms in total. The van der Waals surface area contributed by atoms with E-state index in [1.165, 1.54) is 0 Å². The second kappa shape index (κ2) is 6.67. The van der Waals surface area contributed by atoms with Crippen molar-refractivity contribution in [2.45, 2.75) is 46.1 Å². The number of amides is 1. The van der Waals surface area contributed by atoms with E-state index in [4.69, 9.17) is 4.74 Å². The molecule has 1 aliphatic heterocycles. The van der Waals surface area contributed by atoms with E-state index in [0.717, 1.165) is 47.4 Å². The molecule has 0 fully saturated rings. The van der Waals surface area contributed by atoms with Gasteiger partial charge in [-0.2, -0.15) is 5.10 Å². The number of anilines is 1. The van der Waals surface area contributed by atoms with Crippen LogP contribution in [0.1, 0.15) is 39.2 Å². The van der Waals surface area contributed by atoms with E-state index in [1.54, 1.807) is 11.6 Å². The lowest BCUT2D eigenvalue weighted by molar-refractivity contribution is -0.117. The van der Waals surface area contributed by atoms with Crippen LogP contribution < -0.4 is 9.64 Å². The Labute approximate surface area is 143 Å². The second-order valence-electron chi connectivity index (χ2n) is 6.47. The van der Waals surface area contributed by atoms with E-state index >= 15 is 0 Å². The van der Waals surface area contributed by atoms with Crippen LogP contribution >= 0.6 is 0 Å². The Bertz CT molecular complexity index is 751. The number of aromatic nitrogens is 2. The van der Waals surface area contributed by atoms with Crippen molar-refractivity contribution < 1.29 is 9.53 Å². The van der Waals surface area contributed by atoms with Crippen molar-refractivity contribution in [2.75, 3.05) is 11.5 Å². The Hall–Kier alpha value is -2.30. The first-order chi connectivity index (χ1) is 11.5.